The van der Waals surface area contributed by atoms with Crippen molar-refractivity contribution < 1.29 is 15.0 Å². The molecule has 0 amide bonds. The largest absolute Gasteiger partial charge is 0.480 e. The summed E-state index contributed by atoms with van der Waals surface area (Å²) in [6.07, 6.45) is 1.65. The maximum absolute atomic E-state index is 10.9. The van der Waals surface area contributed by atoms with Gasteiger partial charge in [-0.15, -0.1) is 0 Å². The fourth-order valence-electron chi connectivity index (χ4n) is 1.41. The van der Waals surface area contributed by atoms with Gasteiger partial charge in [-0.1, -0.05) is 0 Å². The molecule has 0 aliphatic carbocycles. The molecule has 0 fully saturated rings. The first-order valence-corrected chi connectivity index (χ1v) is 4.91. The summed E-state index contributed by atoms with van der Waals surface area (Å²) in [5.74, 6) is -0.868. The maximum Gasteiger partial charge on any atom is 0.328 e. The predicted molar refractivity (Wildman–Crippen MR) is 58.4 cm³/mol. The van der Waals surface area contributed by atoms with Crippen LogP contribution >= 0.6 is 0 Å². The van der Waals surface area contributed by atoms with Gasteiger partial charge in [-0.2, -0.15) is 0 Å². The Balaban J connectivity index is 2.34. The molecule has 17 heavy (non-hydrogen) atoms. The number of H-pyrrole nitrogens is 1. The van der Waals surface area contributed by atoms with Gasteiger partial charge in [0.2, 0.25) is 0 Å². The quantitative estimate of drug-likeness (QED) is 0.570. The summed E-state index contributed by atoms with van der Waals surface area (Å²) in [5.41, 5.74) is 0.927. The van der Waals surface area contributed by atoms with Gasteiger partial charge in [-0.3, -0.25) is 0 Å². The van der Waals surface area contributed by atoms with Gasteiger partial charge >= 0.3 is 5.97 Å². The second kappa shape index (κ2) is 4.34. The van der Waals surface area contributed by atoms with Gasteiger partial charge in [-0.05, 0) is 6.92 Å². The molecule has 2 aromatic rings. The average molecular weight is 237 g/mol. The van der Waals surface area contributed by atoms with E-state index < -0.39 is 18.1 Å². The van der Waals surface area contributed by atoms with Crippen LogP contribution in [0.5, 0.6) is 0 Å². The summed E-state index contributed by atoms with van der Waals surface area (Å²) in [6, 6.07) is -1.14. The lowest BCUT2D eigenvalue weighted by Crippen LogP contribution is -2.39. The number of rotatable bonds is 4. The first kappa shape index (κ1) is 11.3. The van der Waals surface area contributed by atoms with Crippen molar-refractivity contribution in [2.75, 3.05) is 5.32 Å². The highest BCUT2D eigenvalue weighted by Crippen LogP contribution is 2.16. The van der Waals surface area contributed by atoms with Crippen LogP contribution in [0.4, 0.5) is 5.82 Å². The molecule has 0 radical (unpaired) electrons. The van der Waals surface area contributed by atoms with E-state index in [4.69, 9.17) is 5.11 Å². The van der Waals surface area contributed by atoms with Crippen molar-refractivity contribution in [3.63, 3.8) is 0 Å². The maximum atomic E-state index is 10.9. The van der Waals surface area contributed by atoms with E-state index >= 15 is 0 Å². The number of fused-ring (bicyclic) bond motifs is 1. The van der Waals surface area contributed by atoms with Gasteiger partial charge in [0.25, 0.3) is 0 Å². The van der Waals surface area contributed by atoms with Crippen molar-refractivity contribution in [1.29, 1.82) is 0 Å². The summed E-state index contributed by atoms with van der Waals surface area (Å²) >= 11 is 0. The van der Waals surface area contributed by atoms with Crippen molar-refractivity contribution in [1.82, 2.24) is 19.9 Å². The minimum absolute atomic E-state index is 0.292. The number of aliphatic hydroxyl groups is 1. The number of carboxylic acids is 1. The van der Waals surface area contributed by atoms with E-state index in [2.05, 4.69) is 25.3 Å². The average Bonchev–Trinajstić information content (AvgIpc) is 2.73. The molecule has 0 aliphatic heterocycles. The Morgan fingerprint density at radius 3 is 2.88 bits per heavy atom. The molecular formula is C9H11N5O3. The minimum Gasteiger partial charge on any atom is -0.480 e. The first-order valence-electron chi connectivity index (χ1n) is 4.91. The number of aliphatic hydroxyl groups excluding tert-OH is 1. The van der Waals surface area contributed by atoms with E-state index in [1.807, 2.05) is 0 Å². The number of carboxylic acid groups (broad SMARTS) is 1. The Morgan fingerprint density at radius 2 is 2.24 bits per heavy atom. The molecule has 0 saturated heterocycles. The summed E-state index contributed by atoms with van der Waals surface area (Å²) in [7, 11) is 0. The standard InChI is InChI=1S/C9H11N5O3/c1-4(15)5(9(16)17)14-8-6-7(11-2-10-6)12-3-13-8/h2-5,15H,1H3,(H,16,17)(H2,10,11,12,13,14)/t4-,5+/m1/s1. The Bertz CT molecular complexity index is 538. The molecule has 0 saturated carbocycles. The number of imidazole rings is 1. The van der Waals surface area contributed by atoms with Crippen molar-refractivity contribution in [3.05, 3.63) is 12.7 Å². The Labute approximate surface area is 95.7 Å². The van der Waals surface area contributed by atoms with Gasteiger partial charge in [0.15, 0.2) is 17.5 Å². The molecule has 0 unspecified atom stereocenters. The van der Waals surface area contributed by atoms with Crippen LogP contribution < -0.4 is 5.32 Å². The lowest BCUT2D eigenvalue weighted by Gasteiger charge is -2.17. The zero-order valence-electron chi connectivity index (χ0n) is 8.95. The van der Waals surface area contributed by atoms with Crippen LogP contribution in [-0.4, -0.2) is 48.3 Å². The van der Waals surface area contributed by atoms with E-state index in [-0.39, 0.29) is 0 Å². The number of anilines is 1. The third-order valence-electron chi connectivity index (χ3n) is 2.26. The molecule has 8 heteroatoms. The summed E-state index contributed by atoms with van der Waals surface area (Å²) in [4.78, 5) is 25.5. The number of hydrogen-bond acceptors (Lipinski definition) is 6. The van der Waals surface area contributed by atoms with E-state index in [0.717, 1.165) is 0 Å². The van der Waals surface area contributed by atoms with Crippen LogP contribution in [0.2, 0.25) is 0 Å². The molecule has 0 aromatic carbocycles. The molecule has 2 aromatic heterocycles. The van der Waals surface area contributed by atoms with Crippen molar-refractivity contribution in [2.24, 2.45) is 0 Å². The molecule has 0 bridgehead atoms. The highest BCUT2D eigenvalue weighted by atomic mass is 16.4. The van der Waals surface area contributed by atoms with Crippen molar-refractivity contribution >= 4 is 23.0 Å². The van der Waals surface area contributed by atoms with Crippen LogP contribution in [0.15, 0.2) is 12.7 Å². The molecule has 0 aliphatic rings. The Morgan fingerprint density at radius 1 is 1.47 bits per heavy atom. The Kier molecular flexibility index (Phi) is 2.88. The van der Waals surface area contributed by atoms with Gasteiger partial charge in [0.1, 0.15) is 11.8 Å². The van der Waals surface area contributed by atoms with Crippen LogP contribution in [0.1, 0.15) is 6.92 Å². The van der Waals surface area contributed by atoms with E-state index in [1.54, 1.807) is 0 Å². The van der Waals surface area contributed by atoms with Gasteiger partial charge in [0.05, 0.1) is 12.4 Å². The molecule has 2 rings (SSSR count). The molecule has 2 heterocycles. The van der Waals surface area contributed by atoms with Gasteiger partial charge in [0, 0.05) is 0 Å². The number of aromatic nitrogens is 4. The fraction of sp³-hybridized carbons (Fsp3) is 0.333. The van der Waals surface area contributed by atoms with Gasteiger partial charge < -0.3 is 20.5 Å². The number of nitrogens with one attached hydrogen (secondary N) is 2. The van der Waals surface area contributed by atoms with E-state index in [0.29, 0.717) is 17.0 Å². The SMILES string of the molecule is C[C@@H](O)[C@H](Nc1ncnc2nc[nH]c12)C(=O)O. The van der Waals surface area contributed by atoms with Crippen LogP contribution in [0.3, 0.4) is 0 Å². The molecule has 8 nitrogen and oxygen atoms in total. The van der Waals surface area contributed by atoms with E-state index in [1.165, 1.54) is 19.6 Å². The number of aromatic amines is 1. The minimum atomic E-state index is -1.16. The highest BCUT2D eigenvalue weighted by Gasteiger charge is 2.24. The molecule has 0 spiro atoms. The zero-order valence-corrected chi connectivity index (χ0v) is 8.95. The molecule has 2 atom stereocenters. The fourth-order valence-corrected chi connectivity index (χ4v) is 1.41. The number of carbonyl (C=O) groups is 1. The van der Waals surface area contributed by atoms with Crippen LogP contribution in [-0.2, 0) is 4.79 Å². The third kappa shape index (κ3) is 2.16. The first-order chi connectivity index (χ1) is 8.09. The highest BCUT2D eigenvalue weighted by molar-refractivity contribution is 5.85. The summed E-state index contributed by atoms with van der Waals surface area (Å²) in [6.45, 7) is 1.39. The lowest BCUT2D eigenvalue weighted by molar-refractivity contribution is -0.140. The number of aliphatic carboxylic acids is 1. The monoisotopic (exact) mass is 237 g/mol. The normalized spacial score (nSPS) is 14.5. The molecular weight excluding hydrogens is 226 g/mol. The number of nitrogens with zero attached hydrogens (tertiary/aromatic N) is 3. The van der Waals surface area contributed by atoms with Gasteiger partial charge in [-0.25, -0.2) is 19.7 Å². The summed E-state index contributed by atoms with van der Waals surface area (Å²) < 4.78 is 0. The topological polar surface area (TPSA) is 124 Å². The molecule has 4 N–H and O–H groups in total. The lowest BCUT2D eigenvalue weighted by atomic mass is 10.2. The predicted octanol–water partition coefficient (Wildman–Crippen LogP) is -0.401. The Hall–Kier alpha value is -2.22. The van der Waals surface area contributed by atoms with Crippen LogP contribution in [0, 0.1) is 0 Å². The number of hydrogen-bond donors (Lipinski definition) is 4. The molecule has 90 valence electrons. The second-order valence-corrected chi connectivity index (χ2v) is 3.52. The summed E-state index contributed by atoms with van der Waals surface area (Å²) in [5, 5.41) is 20.9. The smallest absolute Gasteiger partial charge is 0.328 e. The van der Waals surface area contributed by atoms with Crippen molar-refractivity contribution in [3.8, 4) is 0 Å². The third-order valence-corrected chi connectivity index (χ3v) is 2.26. The zero-order chi connectivity index (χ0) is 12.4. The van der Waals surface area contributed by atoms with E-state index in [9.17, 15) is 9.90 Å². The second-order valence-electron chi connectivity index (χ2n) is 3.52. The van der Waals surface area contributed by atoms with Crippen molar-refractivity contribution in [2.45, 2.75) is 19.1 Å². The van der Waals surface area contributed by atoms with Crippen LogP contribution in [0.25, 0.3) is 11.2 Å².